The summed E-state index contributed by atoms with van der Waals surface area (Å²) >= 11 is 0. The molecule has 0 aliphatic heterocycles. The summed E-state index contributed by atoms with van der Waals surface area (Å²) in [5.41, 5.74) is 2.18. The third-order valence-corrected chi connectivity index (χ3v) is 4.48. The lowest BCUT2D eigenvalue weighted by Crippen LogP contribution is -2.25. The summed E-state index contributed by atoms with van der Waals surface area (Å²) in [7, 11) is 0. The van der Waals surface area contributed by atoms with Crippen molar-refractivity contribution in [1.29, 1.82) is 0 Å². The zero-order valence-electron chi connectivity index (χ0n) is 16.8. The van der Waals surface area contributed by atoms with Crippen LogP contribution in [0.5, 0.6) is 5.75 Å². The summed E-state index contributed by atoms with van der Waals surface area (Å²) in [5, 5.41) is 15.9. The average molecular weight is 393 g/mol. The predicted octanol–water partition coefficient (Wildman–Crippen LogP) is 3.09. The zero-order valence-corrected chi connectivity index (χ0v) is 16.8. The fourth-order valence-electron chi connectivity index (χ4n) is 2.84. The normalized spacial score (nSPS) is 10.6. The highest BCUT2D eigenvalue weighted by molar-refractivity contribution is 5.44. The van der Waals surface area contributed by atoms with Gasteiger partial charge in [0, 0.05) is 38.6 Å². The Bertz CT molecular complexity index is 883. The first-order valence-electron chi connectivity index (χ1n) is 9.83. The molecule has 0 amide bonds. The van der Waals surface area contributed by atoms with Gasteiger partial charge in [0.1, 0.15) is 5.75 Å². The highest BCUT2D eigenvalue weighted by atomic mass is 16.3. The lowest BCUT2D eigenvalue weighted by molar-refractivity contribution is 0.475. The molecule has 0 fully saturated rings. The van der Waals surface area contributed by atoms with E-state index in [1.807, 2.05) is 30.5 Å². The van der Waals surface area contributed by atoms with Crippen LogP contribution in [-0.2, 0) is 13.0 Å². The Balaban J connectivity index is 1.70. The summed E-state index contributed by atoms with van der Waals surface area (Å²) in [6, 6.07) is 11.1. The van der Waals surface area contributed by atoms with Gasteiger partial charge in [0.25, 0.3) is 0 Å². The number of nitrogens with one attached hydrogen (secondary N) is 2. The molecule has 0 spiro atoms. The molecule has 152 valence electrons. The molecule has 0 bridgehead atoms. The summed E-state index contributed by atoms with van der Waals surface area (Å²) in [5.74, 6) is 1.98. The minimum atomic E-state index is 0.271. The standard InChI is InChI=1S/C21H27N7O/c1-3-28(4-2)21-26-19(23-13-11-16-7-9-18(29)10-8-16)25-20(27-21)24-15-17-6-5-12-22-14-17/h5-10,12,14,29H,3-4,11,13,15H2,1-2H3,(H2,23,24,25,26,27). The molecule has 0 saturated carbocycles. The first-order valence-corrected chi connectivity index (χ1v) is 9.83. The van der Waals surface area contributed by atoms with E-state index < -0.39 is 0 Å². The van der Waals surface area contributed by atoms with E-state index in [1.54, 1.807) is 18.3 Å². The van der Waals surface area contributed by atoms with Crippen LogP contribution in [-0.4, -0.2) is 44.7 Å². The van der Waals surface area contributed by atoms with Crippen LogP contribution in [0.4, 0.5) is 17.8 Å². The van der Waals surface area contributed by atoms with Crippen molar-refractivity contribution in [3.8, 4) is 5.75 Å². The lowest BCUT2D eigenvalue weighted by atomic mass is 10.1. The van der Waals surface area contributed by atoms with E-state index in [0.29, 0.717) is 30.9 Å². The van der Waals surface area contributed by atoms with Gasteiger partial charge in [0.15, 0.2) is 0 Å². The molecule has 0 radical (unpaired) electrons. The molecule has 3 aromatic rings. The fourth-order valence-corrected chi connectivity index (χ4v) is 2.84. The first kappa shape index (κ1) is 20.3. The molecule has 8 heteroatoms. The first-order chi connectivity index (χ1) is 14.2. The van der Waals surface area contributed by atoms with Crippen LogP contribution >= 0.6 is 0 Å². The molecule has 0 aliphatic rings. The van der Waals surface area contributed by atoms with Crippen molar-refractivity contribution in [2.45, 2.75) is 26.8 Å². The highest BCUT2D eigenvalue weighted by Gasteiger charge is 2.11. The molecule has 8 nitrogen and oxygen atoms in total. The van der Waals surface area contributed by atoms with E-state index >= 15 is 0 Å². The number of hydrogen-bond donors (Lipinski definition) is 3. The number of benzene rings is 1. The zero-order chi connectivity index (χ0) is 20.5. The maximum Gasteiger partial charge on any atom is 0.231 e. The molecule has 29 heavy (non-hydrogen) atoms. The van der Waals surface area contributed by atoms with Gasteiger partial charge in [-0.2, -0.15) is 15.0 Å². The van der Waals surface area contributed by atoms with Crippen molar-refractivity contribution in [2.75, 3.05) is 35.2 Å². The number of aromatic nitrogens is 4. The summed E-state index contributed by atoms with van der Waals surface area (Å²) < 4.78 is 0. The molecule has 0 saturated heterocycles. The Morgan fingerprint density at radius 3 is 2.28 bits per heavy atom. The Morgan fingerprint density at radius 1 is 0.897 bits per heavy atom. The number of nitrogens with zero attached hydrogens (tertiary/aromatic N) is 5. The Kier molecular flexibility index (Phi) is 7.16. The van der Waals surface area contributed by atoms with E-state index in [9.17, 15) is 5.11 Å². The Hall–Kier alpha value is -3.42. The monoisotopic (exact) mass is 393 g/mol. The largest absolute Gasteiger partial charge is 0.508 e. The van der Waals surface area contributed by atoms with Gasteiger partial charge < -0.3 is 20.6 Å². The number of phenols is 1. The third-order valence-electron chi connectivity index (χ3n) is 4.48. The van der Waals surface area contributed by atoms with Crippen LogP contribution in [0.3, 0.4) is 0 Å². The lowest BCUT2D eigenvalue weighted by Gasteiger charge is -2.20. The predicted molar refractivity (Wildman–Crippen MR) is 115 cm³/mol. The van der Waals surface area contributed by atoms with E-state index in [-0.39, 0.29) is 5.75 Å². The second-order valence-electron chi connectivity index (χ2n) is 6.51. The number of rotatable bonds is 10. The second kappa shape index (κ2) is 10.2. The van der Waals surface area contributed by atoms with Gasteiger partial charge in [-0.1, -0.05) is 18.2 Å². The van der Waals surface area contributed by atoms with Crippen LogP contribution in [0.25, 0.3) is 0 Å². The van der Waals surface area contributed by atoms with Gasteiger partial charge in [0.2, 0.25) is 17.8 Å². The maximum atomic E-state index is 9.39. The quantitative estimate of drug-likeness (QED) is 0.483. The van der Waals surface area contributed by atoms with Crippen LogP contribution in [0.2, 0.25) is 0 Å². The molecule has 0 atom stereocenters. The van der Waals surface area contributed by atoms with E-state index in [4.69, 9.17) is 0 Å². The van der Waals surface area contributed by atoms with Gasteiger partial charge >= 0.3 is 0 Å². The van der Waals surface area contributed by atoms with Crippen molar-refractivity contribution in [2.24, 2.45) is 0 Å². The summed E-state index contributed by atoms with van der Waals surface area (Å²) in [6.45, 7) is 7.05. The number of aromatic hydroxyl groups is 1. The molecule has 2 aromatic heterocycles. The smallest absolute Gasteiger partial charge is 0.231 e. The topological polar surface area (TPSA) is 99.1 Å². The van der Waals surface area contributed by atoms with Gasteiger partial charge in [-0.25, -0.2) is 0 Å². The van der Waals surface area contributed by atoms with E-state index in [0.717, 1.165) is 30.6 Å². The maximum absolute atomic E-state index is 9.39. The molecule has 2 heterocycles. The minimum Gasteiger partial charge on any atom is -0.508 e. The van der Waals surface area contributed by atoms with Crippen LogP contribution in [0, 0.1) is 0 Å². The van der Waals surface area contributed by atoms with Crippen molar-refractivity contribution in [3.63, 3.8) is 0 Å². The van der Waals surface area contributed by atoms with Crippen molar-refractivity contribution in [1.82, 2.24) is 19.9 Å². The van der Waals surface area contributed by atoms with E-state index in [1.165, 1.54) is 0 Å². The molecular formula is C21H27N7O. The number of anilines is 3. The van der Waals surface area contributed by atoms with Crippen molar-refractivity contribution >= 4 is 17.8 Å². The molecule has 3 rings (SSSR count). The van der Waals surface area contributed by atoms with Gasteiger partial charge in [-0.05, 0) is 49.6 Å². The Labute approximate surface area is 171 Å². The number of phenolic OH excluding ortho intramolecular Hbond substituents is 1. The Morgan fingerprint density at radius 2 is 1.62 bits per heavy atom. The van der Waals surface area contributed by atoms with Gasteiger partial charge in [-0.15, -0.1) is 0 Å². The van der Waals surface area contributed by atoms with Crippen molar-refractivity contribution in [3.05, 3.63) is 59.9 Å². The molecular weight excluding hydrogens is 366 g/mol. The molecule has 3 N–H and O–H groups in total. The van der Waals surface area contributed by atoms with E-state index in [2.05, 4.69) is 49.3 Å². The molecule has 1 aromatic carbocycles. The minimum absolute atomic E-state index is 0.271. The fraction of sp³-hybridized carbons (Fsp3) is 0.333. The molecule has 0 unspecified atom stereocenters. The number of pyridine rings is 1. The summed E-state index contributed by atoms with van der Waals surface area (Å²) in [4.78, 5) is 19.9. The highest BCUT2D eigenvalue weighted by Crippen LogP contribution is 2.15. The SMILES string of the molecule is CCN(CC)c1nc(NCCc2ccc(O)cc2)nc(NCc2cccnc2)n1. The molecule has 0 aliphatic carbocycles. The van der Waals surface area contributed by atoms with Gasteiger partial charge in [0.05, 0.1) is 0 Å². The summed E-state index contributed by atoms with van der Waals surface area (Å²) in [6.07, 6.45) is 4.36. The van der Waals surface area contributed by atoms with Crippen LogP contribution in [0.1, 0.15) is 25.0 Å². The third kappa shape index (κ3) is 6.03. The number of hydrogen-bond acceptors (Lipinski definition) is 8. The van der Waals surface area contributed by atoms with Gasteiger partial charge in [-0.3, -0.25) is 4.98 Å². The average Bonchev–Trinajstić information content (AvgIpc) is 2.75. The second-order valence-corrected chi connectivity index (χ2v) is 6.51. The van der Waals surface area contributed by atoms with Crippen LogP contribution < -0.4 is 15.5 Å². The van der Waals surface area contributed by atoms with Crippen molar-refractivity contribution < 1.29 is 5.11 Å². The van der Waals surface area contributed by atoms with Crippen LogP contribution in [0.15, 0.2) is 48.8 Å².